The van der Waals surface area contributed by atoms with Gasteiger partial charge in [-0.1, -0.05) is 0 Å². The summed E-state index contributed by atoms with van der Waals surface area (Å²) in [6.45, 7) is 0.0862. The van der Waals surface area contributed by atoms with Crippen LogP contribution in [0.4, 0.5) is 0 Å². The number of rotatable bonds is 0. The van der Waals surface area contributed by atoms with Gasteiger partial charge in [-0.05, 0) is 22.6 Å². The first-order chi connectivity index (χ1) is 4.10. The summed E-state index contributed by atoms with van der Waals surface area (Å²) in [6.07, 6.45) is 1.15. The van der Waals surface area contributed by atoms with E-state index in [-0.39, 0.29) is 6.61 Å². The van der Waals surface area contributed by atoms with E-state index in [2.05, 4.69) is 8.37 Å². The first-order valence-electron chi connectivity index (χ1n) is 2.02. The van der Waals surface area contributed by atoms with Crippen molar-refractivity contribution in [3.05, 3.63) is 9.84 Å². The van der Waals surface area contributed by atoms with Gasteiger partial charge in [0.25, 0.3) is 0 Å². The minimum atomic E-state index is -3.70. The molecule has 0 aromatic carbocycles. The summed E-state index contributed by atoms with van der Waals surface area (Å²) in [5.41, 5.74) is 0. The van der Waals surface area contributed by atoms with Crippen molar-refractivity contribution in [2.24, 2.45) is 0 Å². The van der Waals surface area contributed by atoms with Crippen LogP contribution in [0.1, 0.15) is 0 Å². The fraction of sp³-hybridized carbons (Fsp3) is 0.333. The van der Waals surface area contributed by atoms with E-state index in [1.165, 1.54) is 0 Å². The van der Waals surface area contributed by atoms with Crippen molar-refractivity contribution in [2.75, 3.05) is 6.61 Å². The van der Waals surface area contributed by atoms with Crippen molar-refractivity contribution < 1.29 is 16.8 Å². The summed E-state index contributed by atoms with van der Waals surface area (Å²) in [6, 6.07) is 0. The Balaban J connectivity index is 2.79. The van der Waals surface area contributed by atoms with E-state index in [4.69, 9.17) is 0 Å². The molecule has 1 aliphatic heterocycles. The quantitative estimate of drug-likeness (QED) is 0.598. The molecule has 1 heterocycles. The molecule has 0 atom stereocenters. The van der Waals surface area contributed by atoms with Crippen molar-refractivity contribution in [1.29, 1.82) is 0 Å². The molecule has 9 heavy (non-hydrogen) atoms. The van der Waals surface area contributed by atoms with Crippen molar-refractivity contribution >= 4 is 33.0 Å². The van der Waals surface area contributed by atoms with E-state index < -0.39 is 10.4 Å². The summed E-state index contributed by atoms with van der Waals surface area (Å²) in [7, 11) is -3.70. The zero-order chi connectivity index (χ0) is 6.91. The Labute approximate surface area is 66.3 Å². The normalized spacial score (nSPS) is 24.3. The standard InChI is InChI=1S/C3H3IO4S/c4-3-1-7-9(5,6)8-2-3/h1H,2H2. The van der Waals surface area contributed by atoms with E-state index in [9.17, 15) is 8.42 Å². The van der Waals surface area contributed by atoms with Gasteiger partial charge in [0.05, 0.1) is 3.58 Å². The largest absolute Gasteiger partial charge is 0.448 e. The average molecular weight is 262 g/mol. The summed E-state index contributed by atoms with van der Waals surface area (Å²) in [5, 5.41) is 0. The Morgan fingerprint density at radius 2 is 2.33 bits per heavy atom. The second kappa shape index (κ2) is 2.43. The second-order valence-electron chi connectivity index (χ2n) is 1.33. The SMILES string of the molecule is O=S1(=O)OC=C(I)CO1. The van der Waals surface area contributed by atoms with Gasteiger partial charge in [-0.15, -0.1) is 0 Å². The van der Waals surface area contributed by atoms with Gasteiger partial charge in [0.2, 0.25) is 0 Å². The van der Waals surface area contributed by atoms with Gasteiger partial charge in [-0.25, -0.2) is 4.18 Å². The van der Waals surface area contributed by atoms with Gasteiger partial charge in [-0.3, -0.25) is 0 Å². The lowest BCUT2D eigenvalue weighted by Gasteiger charge is -2.08. The molecule has 6 heteroatoms. The average Bonchev–Trinajstić information content (AvgIpc) is 1.78. The Bertz CT molecular complexity index is 228. The lowest BCUT2D eigenvalue weighted by Crippen LogP contribution is -2.12. The highest BCUT2D eigenvalue weighted by Gasteiger charge is 2.16. The maximum atomic E-state index is 10.3. The van der Waals surface area contributed by atoms with Gasteiger partial charge in [0, 0.05) is 0 Å². The molecule has 0 bridgehead atoms. The van der Waals surface area contributed by atoms with E-state index in [1.807, 2.05) is 22.6 Å². The zero-order valence-electron chi connectivity index (χ0n) is 4.20. The van der Waals surface area contributed by atoms with Gasteiger partial charge < -0.3 is 4.18 Å². The molecule has 0 radical (unpaired) electrons. The Morgan fingerprint density at radius 3 is 2.67 bits per heavy atom. The monoisotopic (exact) mass is 262 g/mol. The molecule has 0 fully saturated rings. The molecular formula is C3H3IO4S. The number of halogens is 1. The molecule has 0 aromatic rings. The molecule has 0 spiro atoms. The van der Waals surface area contributed by atoms with Crippen molar-refractivity contribution in [2.45, 2.75) is 0 Å². The molecule has 0 amide bonds. The molecule has 4 nitrogen and oxygen atoms in total. The van der Waals surface area contributed by atoms with Crippen molar-refractivity contribution in [3.63, 3.8) is 0 Å². The van der Waals surface area contributed by atoms with Crippen LogP contribution in [0.15, 0.2) is 9.84 Å². The van der Waals surface area contributed by atoms with E-state index in [0.29, 0.717) is 0 Å². The molecule has 0 saturated heterocycles. The van der Waals surface area contributed by atoms with Crippen molar-refractivity contribution in [1.82, 2.24) is 0 Å². The predicted octanol–water partition coefficient (Wildman–Crippen LogP) is 0.554. The lowest BCUT2D eigenvalue weighted by atomic mass is 10.7. The molecule has 0 unspecified atom stereocenters. The zero-order valence-corrected chi connectivity index (χ0v) is 7.18. The fourth-order valence-electron chi connectivity index (χ4n) is 0.301. The molecule has 0 saturated carbocycles. The Hall–Kier alpha value is 0.180. The van der Waals surface area contributed by atoms with E-state index in [0.717, 1.165) is 9.84 Å². The predicted molar refractivity (Wildman–Crippen MR) is 38.1 cm³/mol. The maximum absolute atomic E-state index is 10.3. The fourth-order valence-corrected chi connectivity index (χ4v) is 1.53. The van der Waals surface area contributed by atoms with E-state index >= 15 is 0 Å². The minimum Gasteiger partial charge on any atom is -0.369 e. The molecule has 0 aromatic heterocycles. The summed E-state index contributed by atoms with van der Waals surface area (Å²) >= 11 is 1.92. The molecule has 52 valence electrons. The summed E-state index contributed by atoms with van der Waals surface area (Å²) < 4.78 is 29.7. The molecular weight excluding hydrogens is 259 g/mol. The number of hydrogen-bond acceptors (Lipinski definition) is 4. The Kier molecular flexibility index (Phi) is 1.97. The van der Waals surface area contributed by atoms with Crippen LogP contribution >= 0.6 is 22.6 Å². The summed E-state index contributed by atoms with van der Waals surface area (Å²) in [5.74, 6) is 0. The van der Waals surface area contributed by atoms with Crippen LogP contribution in [0.25, 0.3) is 0 Å². The molecule has 0 aliphatic carbocycles. The number of hydrogen-bond donors (Lipinski definition) is 0. The van der Waals surface area contributed by atoms with Gasteiger partial charge in [0.1, 0.15) is 12.9 Å². The first kappa shape index (κ1) is 7.29. The third-order valence-corrected chi connectivity index (χ3v) is 1.94. The summed E-state index contributed by atoms with van der Waals surface area (Å²) in [4.78, 5) is 0. The minimum absolute atomic E-state index is 0.0862. The van der Waals surface area contributed by atoms with Crippen molar-refractivity contribution in [3.8, 4) is 0 Å². The van der Waals surface area contributed by atoms with Crippen LogP contribution in [-0.4, -0.2) is 15.0 Å². The Morgan fingerprint density at radius 1 is 1.67 bits per heavy atom. The van der Waals surface area contributed by atoms with Crippen LogP contribution in [0.3, 0.4) is 0 Å². The molecule has 1 rings (SSSR count). The highest BCUT2D eigenvalue weighted by molar-refractivity contribution is 14.1. The van der Waals surface area contributed by atoms with Crippen LogP contribution in [0, 0.1) is 0 Å². The first-order valence-corrected chi connectivity index (χ1v) is 4.43. The molecule has 0 N–H and O–H groups in total. The highest BCUT2D eigenvalue weighted by Crippen LogP contribution is 2.15. The third-order valence-electron chi connectivity index (χ3n) is 0.635. The smallest absolute Gasteiger partial charge is 0.369 e. The third kappa shape index (κ3) is 2.11. The van der Waals surface area contributed by atoms with Crippen LogP contribution in [-0.2, 0) is 18.8 Å². The molecule has 1 aliphatic rings. The topological polar surface area (TPSA) is 52.6 Å². The highest BCUT2D eigenvalue weighted by atomic mass is 127. The van der Waals surface area contributed by atoms with Crippen LogP contribution in [0.2, 0.25) is 0 Å². The van der Waals surface area contributed by atoms with Gasteiger partial charge >= 0.3 is 10.4 Å². The van der Waals surface area contributed by atoms with Crippen LogP contribution < -0.4 is 0 Å². The second-order valence-corrected chi connectivity index (χ2v) is 3.96. The van der Waals surface area contributed by atoms with Crippen LogP contribution in [0.5, 0.6) is 0 Å². The maximum Gasteiger partial charge on any atom is 0.448 e. The van der Waals surface area contributed by atoms with Gasteiger partial charge in [-0.2, -0.15) is 8.42 Å². The lowest BCUT2D eigenvalue weighted by molar-refractivity contribution is 0.262. The van der Waals surface area contributed by atoms with Gasteiger partial charge in [0.15, 0.2) is 0 Å². The van der Waals surface area contributed by atoms with E-state index in [1.54, 1.807) is 0 Å².